The van der Waals surface area contributed by atoms with Gasteiger partial charge in [0.2, 0.25) is 0 Å². The van der Waals surface area contributed by atoms with Crippen LogP contribution in [0.25, 0.3) is 0 Å². The molecular weight excluding hydrogens is 186 g/mol. The van der Waals surface area contributed by atoms with E-state index in [1.165, 1.54) is 5.56 Å². The Morgan fingerprint density at radius 3 is 2.33 bits per heavy atom. The van der Waals surface area contributed by atoms with E-state index >= 15 is 0 Å². The zero-order chi connectivity index (χ0) is 11.1. The lowest BCUT2D eigenvalue weighted by Gasteiger charge is -2.04. The third-order valence-corrected chi connectivity index (χ3v) is 2.29. The van der Waals surface area contributed by atoms with Crippen molar-refractivity contribution in [3.05, 3.63) is 35.4 Å². The minimum absolute atomic E-state index is 0.0277. The van der Waals surface area contributed by atoms with E-state index in [-0.39, 0.29) is 5.91 Å². The van der Waals surface area contributed by atoms with E-state index in [9.17, 15) is 4.79 Å². The Bertz CT molecular complexity index is 303. The van der Waals surface area contributed by atoms with Crippen LogP contribution in [-0.2, 0) is 6.42 Å². The van der Waals surface area contributed by atoms with Gasteiger partial charge in [-0.15, -0.1) is 0 Å². The van der Waals surface area contributed by atoms with Gasteiger partial charge >= 0.3 is 0 Å². The quantitative estimate of drug-likeness (QED) is 0.786. The third kappa shape index (κ3) is 3.74. The van der Waals surface area contributed by atoms with Gasteiger partial charge in [-0.05, 0) is 30.5 Å². The first-order chi connectivity index (χ1) is 7.27. The third-order valence-electron chi connectivity index (χ3n) is 2.29. The van der Waals surface area contributed by atoms with Gasteiger partial charge in [0.1, 0.15) is 0 Å². The second-order valence-corrected chi connectivity index (χ2v) is 3.70. The molecule has 0 bridgehead atoms. The van der Waals surface area contributed by atoms with E-state index in [1.54, 1.807) is 0 Å². The maximum absolute atomic E-state index is 11.6. The van der Waals surface area contributed by atoms with Crippen molar-refractivity contribution in [3.8, 4) is 0 Å². The fourth-order valence-electron chi connectivity index (χ4n) is 1.45. The Balaban J connectivity index is 2.58. The highest BCUT2D eigenvalue weighted by Gasteiger charge is 2.03. The summed E-state index contributed by atoms with van der Waals surface area (Å²) in [6, 6.07) is 7.86. The van der Waals surface area contributed by atoms with Crippen molar-refractivity contribution < 1.29 is 4.79 Å². The second kappa shape index (κ2) is 6.23. The van der Waals surface area contributed by atoms with Crippen LogP contribution >= 0.6 is 0 Å². The van der Waals surface area contributed by atoms with Crippen LogP contribution in [0.3, 0.4) is 0 Å². The molecule has 1 aromatic carbocycles. The number of rotatable bonds is 5. The number of amides is 1. The van der Waals surface area contributed by atoms with E-state index in [0.717, 1.165) is 31.4 Å². The molecular formula is C13H19NO. The van der Waals surface area contributed by atoms with Crippen LogP contribution < -0.4 is 5.32 Å². The smallest absolute Gasteiger partial charge is 0.251 e. The Morgan fingerprint density at radius 1 is 1.13 bits per heavy atom. The van der Waals surface area contributed by atoms with Gasteiger partial charge in [0.15, 0.2) is 0 Å². The Hall–Kier alpha value is -1.31. The fourth-order valence-corrected chi connectivity index (χ4v) is 1.45. The van der Waals surface area contributed by atoms with Crippen LogP contribution in [0.4, 0.5) is 0 Å². The van der Waals surface area contributed by atoms with E-state index in [4.69, 9.17) is 0 Å². The Labute approximate surface area is 91.7 Å². The predicted molar refractivity (Wildman–Crippen MR) is 63.1 cm³/mol. The first-order valence-corrected chi connectivity index (χ1v) is 5.65. The summed E-state index contributed by atoms with van der Waals surface area (Å²) in [6.45, 7) is 4.95. The van der Waals surface area contributed by atoms with Gasteiger partial charge in [-0.3, -0.25) is 4.79 Å². The fraction of sp³-hybridized carbons (Fsp3) is 0.462. The van der Waals surface area contributed by atoms with E-state index < -0.39 is 0 Å². The summed E-state index contributed by atoms with van der Waals surface area (Å²) >= 11 is 0. The maximum atomic E-state index is 11.6. The summed E-state index contributed by atoms with van der Waals surface area (Å²) in [6.07, 6.45) is 3.19. The number of hydrogen-bond acceptors (Lipinski definition) is 1. The number of benzene rings is 1. The van der Waals surface area contributed by atoms with Crippen molar-refractivity contribution in [1.29, 1.82) is 0 Å². The molecule has 0 aliphatic heterocycles. The zero-order valence-electron chi connectivity index (χ0n) is 9.55. The molecule has 1 rings (SSSR count). The molecule has 0 fully saturated rings. The normalized spacial score (nSPS) is 10.0. The second-order valence-electron chi connectivity index (χ2n) is 3.70. The van der Waals surface area contributed by atoms with Crippen molar-refractivity contribution in [2.24, 2.45) is 0 Å². The molecule has 2 heteroatoms. The Kier molecular flexibility index (Phi) is 4.88. The lowest BCUT2D eigenvalue weighted by molar-refractivity contribution is 0.0953. The molecule has 0 saturated carbocycles. The van der Waals surface area contributed by atoms with Crippen LogP contribution in [0.2, 0.25) is 0 Å². The van der Waals surface area contributed by atoms with E-state index in [1.807, 2.05) is 31.2 Å². The summed E-state index contributed by atoms with van der Waals surface area (Å²) in [5.74, 6) is 0.0277. The van der Waals surface area contributed by atoms with Gasteiger partial charge in [-0.1, -0.05) is 32.4 Å². The number of aryl methyl sites for hydroxylation is 1. The van der Waals surface area contributed by atoms with Crippen molar-refractivity contribution in [2.45, 2.75) is 33.1 Å². The maximum Gasteiger partial charge on any atom is 0.251 e. The van der Waals surface area contributed by atoms with Crippen molar-refractivity contribution >= 4 is 5.91 Å². The molecule has 0 unspecified atom stereocenters. The first-order valence-electron chi connectivity index (χ1n) is 5.65. The molecule has 2 nitrogen and oxygen atoms in total. The minimum Gasteiger partial charge on any atom is -0.352 e. The average molecular weight is 205 g/mol. The van der Waals surface area contributed by atoms with Gasteiger partial charge < -0.3 is 5.32 Å². The van der Waals surface area contributed by atoms with Gasteiger partial charge in [-0.25, -0.2) is 0 Å². The van der Waals surface area contributed by atoms with Crippen LogP contribution in [0, 0.1) is 0 Å². The number of nitrogens with one attached hydrogen (secondary N) is 1. The molecule has 0 radical (unpaired) electrons. The van der Waals surface area contributed by atoms with Crippen molar-refractivity contribution in [2.75, 3.05) is 6.54 Å². The topological polar surface area (TPSA) is 29.1 Å². The van der Waals surface area contributed by atoms with Gasteiger partial charge in [0.05, 0.1) is 0 Å². The molecule has 1 N–H and O–H groups in total. The standard InChI is InChI=1S/C13H19NO/c1-3-5-11-6-8-12(9-7-11)13(15)14-10-4-2/h6-9H,3-5,10H2,1-2H3,(H,14,15). The molecule has 1 aromatic rings. The molecule has 0 heterocycles. The predicted octanol–water partition coefficient (Wildman–Crippen LogP) is 2.78. The molecule has 0 saturated heterocycles. The first kappa shape index (κ1) is 11.8. The van der Waals surface area contributed by atoms with Gasteiger partial charge in [0.25, 0.3) is 5.91 Å². The molecule has 0 atom stereocenters. The van der Waals surface area contributed by atoms with Gasteiger partial charge in [-0.2, -0.15) is 0 Å². The largest absolute Gasteiger partial charge is 0.352 e. The van der Waals surface area contributed by atoms with Crippen LogP contribution in [0.15, 0.2) is 24.3 Å². The highest BCUT2D eigenvalue weighted by atomic mass is 16.1. The number of hydrogen-bond donors (Lipinski definition) is 1. The highest BCUT2D eigenvalue weighted by molar-refractivity contribution is 5.94. The molecule has 0 spiro atoms. The summed E-state index contributed by atoms with van der Waals surface area (Å²) < 4.78 is 0. The molecule has 82 valence electrons. The monoisotopic (exact) mass is 205 g/mol. The van der Waals surface area contributed by atoms with E-state index in [0.29, 0.717) is 0 Å². The molecule has 1 amide bonds. The number of carbonyl (C=O) groups excluding carboxylic acids is 1. The van der Waals surface area contributed by atoms with Crippen LogP contribution in [-0.4, -0.2) is 12.5 Å². The average Bonchev–Trinajstić information content (AvgIpc) is 2.27. The summed E-state index contributed by atoms with van der Waals surface area (Å²) in [5, 5.41) is 2.86. The highest BCUT2D eigenvalue weighted by Crippen LogP contribution is 2.06. The minimum atomic E-state index is 0.0277. The lowest BCUT2D eigenvalue weighted by Crippen LogP contribution is -2.23. The van der Waals surface area contributed by atoms with Crippen molar-refractivity contribution in [3.63, 3.8) is 0 Å². The Morgan fingerprint density at radius 2 is 1.80 bits per heavy atom. The van der Waals surface area contributed by atoms with Crippen LogP contribution in [0.5, 0.6) is 0 Å². The molecule has 0 aromatic heterocycles. The van der Waals surface area contributed by atoms with Crippen LogP contribution in [0.1, 0.15) is 42.6 Å². The lowest BCUT2D eigenvalue weighted by atomic mass is 10.1. The molecule has 0 aliphatic rings. The SMILES string of the molecule is CCCNC(=O)c1ccc(CCC)cc1. The molecule has 0 aliphatic carbocycles. The van der Waals surface area contributed by atoms with E-state index in [2.05, 4.69) is 12.2 Å². The van der Waals surface area contributed by atoms with Gasteiger partial charge in [0, 0.05) is 12.1 Å². The number of carbonyl (C=O) groups is 1. The molecule has 15 heavy (non-hydrogen) atoms. The summed E-state index contributed by atoms with van der Waals surface area (Å²) in [4.78, 5) is 11.6. The summed E-state index contributed by atoms with van der Waals surface area (Å²) in [7, 11) is 0. The van der Waals surface area contributed by atoms with Crippen molar-refractivity contribution in [1.82, 2.24) is 5.32 Å². The zero-order valence-corrected chi connectivity index (χ0v) is 9.55. The summed E-state index contributed by atoms with van der Waals surface area (Å²) in [5.41, 5.74) is 2.05.